The van der Waals surface area contributed by atoms with Gasteiger partial charge in [0.2, 0.25) is 0 Å². The molecular formula is C14H18N4. The number of nitrogens with one attached hydrogen (secondary N) is 1. The number of H-pyrrole nitrogens is 1. The third-order valence-electron chi connectivity index (χ3n) is 4.76. The molecule has 3 unspecified atom stereocenters. The van der Waals surface area contributed by atoms with Crippen molar-refractivity contribution in [2.75, 3.05) is 5.73 Å². The van der Waals surface area contributed by atoms with Crippen molar-refractivity contribution in [3.63, 3.8) is 0 Å². The fourth-order valence-electron chi connectivity index (χ4n) is 3.93. The Labute approximate surface area is 106 Å². The van der Waals surface area contributed by atoms with E-state index in [1.165, 1.54) is 25.7 Å². The average molecular weight is 242 g/mol. The molecule has 0 aliphatic heterocycles. The molecule has 4 nitrogen and oxygen atoms in total. The van der Waals surface area contributed by atoms with Gasteiger partial charge < -0.3 is 10.7 Å². The van der Waals surface area contributed by atoms with Crippen molar-refractivity contribution in [2.24, 2.45) is 17.8 Å². The molecular weight excluding hydrogens is 224 g/mol. The molecule has 2 saturated carbocycles. The maximum atomic E-state index is 5.68. The Morgan fingerprint density at radius 3 is 2.94 bits per heavy atom. The number of rotatable bonds is 2. The van der Waals surface area contributed by atoms with Crippen LogP contribution < -0.4 is 5.73 Å². The highest BCUT2D eigenvalue weighted by Gasteiger charge is 2.39. The lowest BCUT2D eigenvalue weighted by Gasteiger charge is -2.20. The summed E-state index contributed by atoms with van der Waals surface area (Å²) >= 11 is 0. The third kappa shape index (κ3) is 1.59. The number of hydrogen-bond acceptors (Lipinski definition) is 3. The second kappa shape index (κ2) is 3.70. The van der Waals surface area contributed by atoms with Crippen LogP contribution in [0.5, 0.6) is 0 Å². The number of aromatic amines is 1. The highest BCUT2D eigenvalue weighted by atomic mass is 15.0. The number of nitrogens with zero attached hydrogens (tertiary/aromatic N) is 2. The van der Waals surface area contributed by atoms with E-state index in [-0.39, 0.29) is 0 Å². The van der Waals surface area contributed by atoms with Gasteiger partial charge in [-0.1, -0.05) is 6.42 Å². The van der Waals surface area contributed by atoms with Crippen LogP contribution in [0.2, 0.25) is 0 Å². The minimum absolute atomic E-state index is 0.542. The molecule has 18 heavy (non-hydrogen) atoms. The lowest BCUT2D eigenvalue weighted by atomic mass is 9.86. The van der Waals surface area contributed by atoms with E-state index in [1.807, 2.05) is 12.1 Å². The van der Waals surface area contributed by atoms with Gasteiger partial charge >= 0.3 is 0 Å². The summed E-state index contributed by atoms with van der Waals surface area (Å²) in [5.41, 5.74) is 7.44. The molecule has 2 aliphatic carbocycles. The van der Waals surface area contributed by atoms with Crippen LogP contribution in [0.1, 0.15) is 31.5 Å². The van der Waals surface area contributed by atoms with Gasteiger partial charge in [0, 0.05) is 6.42 Å². The van der Waals surface area contributed by atoms with Crippen LogP contribution >= 0.6 is 0 Å². The van der Waals surface area contributed by atoms with Gasteiger partial charge in [0.05, 0.1) is 5.52 Å². The summed E-state index contributed by atoms with van der Waals surface area (Å²) < 4.78 is 0. The van der Waals surface area contributed by atoms with Gasteiger partial charge in [-0.05, 0) is 49.1 Å². The van der Waals surface area contributed by atoms with Gasteiger partial charge in [-0.3, -0.25) is 0 Å². The number of aromatic nitrogens is 3. The van der Waals surface area contributed by atoms with E-state index in [4.69, 9.17) is 5.73 Å². The largest absolute Gasteiger partial charge is 0.384 e. The van der Waals surface area contributed by atoms with Crippen molar-refractivity contribution < 1.29 is 0 Å². The Kier molecular flexibility index (Phi) is 2.13. The molecule has 2 aromatic heterocycles. The summed E-state index contributed by atoms with van der Waals surface area (Å²) in [6, 6.07) is 3.79. The average Bonchev–Trinajstić information content (AvgIpc) is 3.02. The lowest BCUT2D eigenvalue weighted by molar-refractivity contribution is 0.327. The molecule has 2 heterocycles. The predicted octanol–water partition coefficient (Wildman–Crippen LogP) is 2.52. The fraction of sp³-hybridized carbons (Fsp3) is 0.571. The van der Waals surface area contributed by atoms with Crippen LogP contribution in [0.3, 0.4) is 0 Å². The topological polar surface area (TPSA) is 67.6 Å². The van der Waals surface area contributed by atoms with Crippen molar-refractivity contribution in [1.29, 1.82) is 0 Å². The first-order chi connectivity index (χ1) is 8.78. The van der Waals surface area contributed by atoms with Crippen LogP contribution in [0, 0.1) is 17.8 Å². The normalized spacial score (nSPS) is 30.3. The minimum Gasteiger partial charge on any atom is -0.384 e. The number of anilines is 1. The van der Waals surface area contributed by atoms with Crippen molar-refractivity contribution in [1.82, 2.24) is 15.0 Å². The molecule has 94 valence electrons. The Hall–Kier alpha value is -1.58. The van der Waals surface area contributed by atoms with Crippen molar-refractivity contribution in [3.05, 3.63) is 18.0 Å². The van der Waals surface area contributed by atoms with Gasteiger partial charge in [-0.2, -0.15) is 0 Å². The van der Waals surface area contributed by atoms with Crippen molar-refractivity contribution in [3.8, 4) is 0 Å². The smallest absolute Gasteiger partial charge is 0.179 e. The molecule has 0 radical (unpaired) electrons. The summed E-state index contributed by atoms with van der Waals surface area (Å²) in [7, 11) is 0. The van der Waals surface area contributed by atoms with Gasteiger partial charge in [-0.25, -0.2) is 9.97 Å². The molecule has 4 heteroatoms. The molecule has 2 bridgehead atoms. The second-order valence-corrected chi connectivity index (χ2v) is 5.93. The zero-order valence-electron chi connectivity index (χ0n) is 10.4. The summed E-state index contributed by atoms with van der Waals surface area (Å²) in [6.45, 7) is 0. The maximum Gasteiger partial charge on any atom is 0.179 e. The first-order valence-electron chi connectivity index (χ1n) is 6.89. The molecule has 3 N–H and O–H groups in total. The van der Waals surface area contributed by atoms with E-state index in [0.29, 0.717) is 5.82 Å². The number of fused-ring (bicyclic) bond motifs is 3. The molecule has 2 aliphatic rings. The number of nitrogen functional groups attached to an aromatic ring is 1. The number of hydrogen-bond donors (Lipinski definition) is 2. The molecule has 2 aromatic rings. The zero-order chi connectivity index (χ0) is 12.1. The van der Waals surface area contributed by atoms with E-state index in [0.717, 1.165) is 41.2 Å². The Balaban J connectivity index is 1.59. The Bertz CT molecular complexity index is 588. The molecule has 0 spiro atoms. The van der Waals surface area contributed by atoms with E-state index in [1.54, 1.807) is 0 Å². The number of nitrogens with two attached hydrogens (primary N) is 1. The molecule has 3 atom stereocenters. The molecule has 0 saturated heterocycles. The fourth-order valence-corrected chi connectivity index (χ4v) is 3.93. The highest BCUT2D eigenvalue weighted by Crippen LogP contribution is 2.49. The first-order valence-corrected chi connectivity index (χ1v) is 6.89. The summed E-state index contributed by atoms with van der Waals surface area (Å²) in [6.07, 6.45) is 6.82. The second-order valence-electron chi connectivity index (χ2n) is 5.93. The van der Waals surface area contributed by atoms with Crippen molar-refractivity contribution >= 4 is 17.0 Å². The van der Waals surface area contributed by atoms with E-state index in [2.05, 4.69) is 15.0 Å². The van der Waals surface area contributed by atoms with E-state index in [9.17, 15) is 0 Å². The number of imidazole rings is 1. The van der Waals surface area contributed by atoms with Crippen LogP contribution in [0.25, 0.3) is 11.2 Å². The molecule has 2 fully saturated rings. The Morgan fingerprint density at radius 2 is 2.17 bits per heavy atom. The van der Waals surface area contributed by atoms with Crippen LogP contribution in [-0.2, 0) is 6.42 Å². The van der Waals surface area contributed by atoms with E-state index >= 15 is 0 Å². The Morgan fingerprint density at radius 1 is 1.22 bits per heavy atom. The molecule has 0 amide bonds. The lowest BCUT2D eigenvalue weighted by Crippen LogP contribution is -2.13. The van der Waals surface area contributed by atoms with Gasteiger partial charge in [0.1, 0.15) is 11.6 Å². The SMILES string of the molecule is Nc1ccc2[nH]c(CC3CC4CCC3C4)nc2n1. The van der Waals surface area contributed by atoms with Crippen LogP contribution in [0.4, 0.5) is 5.82 Å². The van der Waals surface area contributed by atoms with Crippen LogP contribution in [0.15, 0.2) is 12.1 Å². The van der Waals surface area contributed by atoms with Gasteiger partial charge in [0.25, 0.3) is 0 Å². The quantitative estimate of drug-likeness (QED) is 0.850. The van der Waals surface area contributed by atoms with Crippen molar-refractivity contribution in [2.45, 2.75) is 32.1 Å². The monoisotopic (exact) mass is 242 g/mol. The number of pyridine rings is 1. The summed E-state index contributed by atoms with van der Waals surface area (Å²) in [4.78, 5) is 12.2. The van der Waals surface area contributed by atoms with E-state index < -0.39 is 0 Å². The zero-order valence-corrected chi connectivity index (χ0v) is 10.4. The van der Waals surface area contributed by atoms with Crippen LogP contribution in [-0.4, -0.2) is 15.0 Å². The minimum atomic E-state index is 0.542. The first kappa shape index (κ1) is 10.4. The summed E-state index contributed by atoms with van der Waals surface area (Å²) in [5.74, 6) is 4.40. The van der Waals surface area contributed by atoms with Gasteiger partial charge in [0.15, 0.2) is 5.65 Å². The standard InChI is InChI=1S/C14H18N4/c15-12-4-3-11-14(17-12)18-13(16-11)7-10-6-8-1-2-9(10)5-8/h3-4,8-10H,1-2,5-7H2,(H3,15,16,17,18). The highest BCUT2D eigenvalue weighted by molar-refractivity contribution is 5.72. The van der Waals surface area contributed by atoms with Gasteiger partial charge in [-0.15, -0.1) is 0 Å². The third-order valence-corrected chi connectivity index (χ3v) is 4.76. The molecule has 4 rings (SSSR count). The maximum absolute atomic E-state index is 5.68. The predicted molar refractivity (Wildman–Crippen MR) is 70.9 cm³/mol. The summed E-state index contributed by atoms with van der Waals surface area (Å²) in [5, 5.41) is 0. The molecule has 0 aromatic carbocycles.